The second-order valence-corrected chi connectivity index (χ2v) is 5.93. The molecule has 1 aromatic heterocycles. The summed E-state index contributed by atoms with van der Waals surface area (Å²) in [5.41, 5.74) is 3.08. The van der Waals surface area contributed by atoms with Crippen molar-refractivity contribution in [1.82, 2.24) is 15.2 Å². The molecular formula is C14H17N3OS. The molecule has 0 fully saturated rings. The van der Waals surface area contributed by atoms with Crippen LogP contribution in [0.15, 0.2) is 23.4 Å². The van der Waals surface area contributed by atoms with Crippen LogP contribution in [0.1, 0.15) is 34.2 Å². The average Bonchev–Trinajstić information content (AvgIpc) is 2.77. The first-order valence-electron chi connectivity index (χ1n) is 6.14. The van der Waals surface area contributed by atoms with Gasteiger partial charge in [0.15, 0.2) is 5.78 Å². The van der Waals surface area contributed by atoms with Crippen LogP contribution in [0.3, 0.4) is 0 Å². The molecule has 2 rings (SSSR count). The molecule has 0 radical (unpaired) electrons. The Morgan fingerprint density at radius 1 is 1.26 bits per heavy atom. The third-order valence-corrected chi connectivity index (χ3v) is 3.98. The Labute approximate surface area is 117 Å². The van der Waals surface area contributed by atoms with Crippen LogP contribution in [0.4, 0.5) is 0 Å². The van der Waals surface area contributed by atoms with Crippen molar-refractivity contribution in [2.45, 2.75) is 38.1 Å². The summed E-state index contributed by atoms with van der Waals surface area (Å²) in [6.07, 6.45) is 0. The molecule has 0 spiro atoms. The van der Waals surface area contributed by atoms with Crippen molar-refractivity contribution < 1.29 is 4.79 Å². The van der Waals surface area contributed by atoms with Crippen LogP contribution in [0.5, 0.6) is 0 Å². The standard InChI is InChI=1S/C14H17N3OS/c1-8-5-6-12(7-9(8)2)13(18)10(3)19-14-15-11(4)16-17-14/h5-7,10H,1-4H3,(H,15,16,17). The maximum Gasteiger partial charge on any atom is 0.209 e. The Bertz CT molecular complexity index is 606. The molecule has 1 aromatic carbocycles. The number of hydrogen-bond donors (Lipinski definition) is 1. The van der Waals surface area contributed by atoms with Crippen LogP contribution in [0.2, 0.25) is 0 Å². The molecule has 4 nitrogen and oxygen atoms in total. The average molecular weight is 275 g/mol. The number of carbonyl (C=O) groups excluding carboxylic acids is 1. The molecule has 0 saturated carbocycles. The van der Waals surface area contributed by atoms with E-state index in [9.17, 15) is 4.79 Å². The fourth-order valence-electron chi connectivity index (χ4n) is 1.72. The van der Waals surface area contributed by atoms with E-state index < -0.39 is 0 Å². The summed E-state index contributed by atoms with van der Waals surface area (Å²) in [6, 6.07) is 5.81. The highest BCUT2D eigenvalue weighted by Crippen LogP contribution is 2.23. The van der Waals surface area contributed by atoms with Crippen LogP contribution < -0.4 is 0 Å². The SMILES string of the molecule is Cc1nc(SC(C)C(=O)c2ccc(C)c(C)c2)n[nH]1. The smallest absolute Gasteiger partial charge is 0.209 e. The molecule has 1 atom stereocenters. The van der Waals surface area contributed by atoms with Gasteiger partial charge in [-0.15, -0.1) is 5.10 Å². The lowest BCUT2D eigenvalue weighted by Crippen LogP contribution is -2.14. The molecule has 0 aliphatic rings. The summed E-state index contributed by atoms with van der Waals surface area (Å²) in [5.74, 6) is 0.865. The molecular weight excluding hydrogens is 258 g/mol. The summed E-state index contributed by atoms with van der Waals surface area (Å²) in [4.78, 5) is 16.5. The Kier molecular flexibility index (Phi) is 4.04. The molecule has 0 aliphatic carbocycles. The largest absolute Gasteiger partial charge is 0.293 e. The zero-order valence-corrected chi connectivity index (χ0v) is 12.3. The topological polar surface area (TPSA) is 58.6 Å². The third kappa shape index (κ3) is 3.23. The van der Waals surface area contributed by atoms with Crippen molar-refractivity contribution in [2.75, 3.05) is 0 Å². The molecule has 0 saturated heterocycles. The summed E-state index contributed by atoms with van der Waals surface area (Å²) in [7, 11) is 0. The third-order valence-electron chi connectivity index (χ3n) is 3.02. The van der Waals surface area contributed by atoms with Gasteiger partial charge in [0.25, 0.3) is 0 Å². The van der Waals surface area contributed by atoms with Gasteiger partial charge < -0.3 is 0 Å². The highest BCUT2D eigenvalue weighted by atomic mass is 32.2. The van der Waals surface area contributed by atoms with Crippen molar-refractivity contribution in [2.24, 2.45) is 0 Å². The number of H-pyrrole nitrogens is 1. The second-order valence-electron chi connectivity index (χ2n) is 4.63. The van der Waals surface area contributed by atoms with Crippen molar-refractivity contribution in [3.05, 3.63) is 40.7 Å². The van der Waals surface area contributed by atoms with Crippen LogP contribution >= 0.6 is 11.8 Å². The fraction of sp³-hybridized carbons (Fsp3) is 0.357. The van der Waals surface area contributed by atoms with Gasteiger partial charge in [-0.2, -0.15) is 0 Å². The maximum atomic E-state index is 12.3. The number of ketones is 1. The molecule has 19 heavy (non-hydrogen) atoms. The van der Waals surface area contributed by atoms with E-state index in [4.69, 9.17) is 0 Å². The van der Waals surface area contributed by atoms with Gasteiger partial charge in [-0.3, -0.25) is 9.89 Å². The molecule has 0 amide bonds. The lowest BCUT2D eigenvalue weighted by molar-refractivity contribution is 0.0994. The number of benzene rings is 1. The van der Waals surface area contributed by atoms with E-state index in [0.717, 1.165) is 17.0 Å². The molecule has 1 heterocycles. The highest BCUT2D eigenvalue weighted by Gasteiger charge is 2.18. The molecule has 1 unspecified atom stereocenters. The zero-order valence-electron chi connectivity index (χ0n) is 11.5. The van der Waals surface area contributed by atoms with E-state index in [2.05, 4.69) is 15.2 Å². The molecule has 0 bridgehead atoms. The van der Waals surface area contributed by atoms with Crippen molar-refractivity contribution in [3.63, 3.8) is 0 Å². The minimum atomic E-state index is -0.197. The monoisotopic (exact) mass is 275 g/mol. The van der Waals surface area contributed by atoms with E-state index in [0.29, 0.717) is 5.16 Å². The number of thioether (sulfide) groups is 1. The van der Waals surface area contributed by atoms with Gasteiger partial charge in [0.05, 0.1) is 5.25 Å². The number of hydrogen-bond acceptors (Lipinski definition) is 4. The number of Topliss-reactive ketones (excluding diaryl/α,β-unsaturated/α-hetero) is 1. The van der Waals surface area contributed by atoms with Gasteiger partial charge in [-0.25, -0.2) is 4.98 Å². The van der Waals surface area contributed by atoms with E-state index in [1.807, 2.05) is 45.9 Å². The first-order valence-corrected chi connectivity index (χ1v) is 7.02. The van der Waals surface area contributed by atoms with Gasteiger partial charge in [0.1, 0.15) is 5.82 Å². The quantitative estimate of drug-likeness (QED) is 0.688. The van der Waals surface area contributed by atoms with Gasteiger partial charge >= 0.3 is 0 Å². The van der Waals surface area contributed by atoms with Crippen LogP contribution in [-0.2, 0) is 0 Å². The predicted octanol–water partition coefficient (Wildman–Crippen LogP) is 3.09. The zero-order chi connectivity index (χ0) is 14.0. The normalized spacial score (nSPS) is 12.4. The van der Waals surface area contributed by atoms with Gasteiger partial charge in [0, 0.05) is 5.56 Å². The van der Waals surface area contributed by atoms with E-state index in [1.165, 1.54) is 17.3 Å². The Morgan fingerprint density at radius 2 is 2.00 bits per heavy atom. The Morgan fingerprint density at radius 3 is 2.58 bits per heavy atom. The Hall–Kier alpha value is -1.62. The summed E-state index contributed by atoms with van der Waals surface area (Å²) in [5, 5.41) is 7.23. The first-order chi connectivity index (χ1) is 8.97. The van der Waals surface area contributed by atoms with Crippen LogP contribution in [0, 0.1) is 20.8 Å². The molecule has 5 heteroatoms. The van der Waals surface area contributed by atoms with Crippen LogP contribution in [0.25, 0.3) is 0 Å². The van der Waals surface area contributed by atoms with E-state index in [1.54, 1.807) is 0 Å². The molecule has 0 aliphatic heterocycles. The second kappa shape index (κ2) is 5.57. The van der Waals surface area contributed by atoms with Gasteiger partial charge in [-0.1, -0.05) is 23.9 Å². The van der Waals surface area contributed by atoms with E-state index in [-0.39, 0.29) is 11.0 Å². The summed E-state index contributed by atoms with van der Waals surface area (Å²) >= 11 is 1.37. The van der Waals surface area contributed by atoms with Crippen molar-refractivity contribution in [1.29, 1.82) is 0 Å². The van der Waals surface area contributed by atoms with Crippen molar-refractivity contribution in [3.8, 4) is 0 Å². The number of nitrogens with zero attached hydrogens (tertiary/aromatic N) is 2. The van der Waals surface area contributed by atoms with Gasteiger partial charge in [-0.05, 0) is 44.9 Å². The number of aromatic nitrogens is 3. The summed E-state index contributed by atoms with van der Waals surface area (Å²) in [6.45, 7) is 7.78. The lowest BCUT2D eigenvalue weighted by Gasteiger charge is -2.09. The molecule has 2 aromatic rings. The number of aromatic amines is 1. The molecule has 1 N–H and O–H groups in total. The minimum Gasteiger partial charge on any atom is -0.293 e. The number of carbonyl (C=O) groups is 1. The number of aryl methyl sites for hydroxylation is 3. The number of rotatable bonds is 4. The minimum absolute atomic E-state index is 0.107. The van der Waals surface area contributed by atoms with Crippen LogP contribution in [-0.4, -0.2) is 26.2 Å². The van der Waals surface area contributed by atoms with E-state index >= 15 is 0 Å². The number of nitrogens with one attached hydrogen (secondary N) is 1. The first kappa shape index (κ1) is 13.8. The Balaban J connectivity index is 2.12. The van der Waals surface area contributed by atoms with Crippen molar-refractivity contribution >= 4 is 17.5 Å². The predicted molar refractivity (Wildman–Crippen MR) is 76.7 cm³/mol. The fourth-order valence-corrected chi connectivity index (χ4v) is 2.56. The van der Waals surface area contributed by atoms with Gasteiger partial charge in [0.2, 0.25) is 5.16 Å². The maximum absolute atomic E-state index is 12.3. The summed E-state index contributed by atoms with van der Waals surface area (Å²) < 4.78 is 0. The molecule has 100 valence electrons. The lowest BCUT2D eigenvalue weighted by atomic mass is 10.0. The highest BCUT2D eigenvalue weighted by molar-refractivity contribution is 8.00.